The van der Waals surface area contributed by atoms with Gasteiger partial charge in [-0.2, -0.15) is 0 Å². The SMILES string of the molecule is Cc1cc(C(=O)N2C(C)SCC2C(=O)O)cc([N+](=O)[O-])c1. The molecule has 1 N–H and O–H groups in total. The smallest absolute Gasteiger partial charge is 0.327 e. The number of hydrogen-bond donors (Lipinski definition) is 1. The van der Waals surface area contributed by atoms with Crippen molar-refractivity contribution in [1.29, 1.82) is 0 Å². The maximum absolute atomic E-state index is 12.5. The molecule has 2 rings (SSSR count). The van der Waals surface area contributed by atoms with Crippen LogP contribution in [0, 0.1) is 17.0 Å². The van der Waals surface area contributed by atoms with E-state index in [0.29, 0.717) is 11.3 Å². The summed E-state index contributed by atoms with van der Waals surface area (Å²) < 4.78 is 0. The number of rotatable bonds is 3. The Bertz CT molecular complexity index is 619. The molecule has 1 saturated heterocycles. The number of thioether (sulfide) groups is 1. The molecular formula is C13H14N2O5S. The highest BCUT2D eigenvalue weighted by atomic mass is 32.2. The quantitative estimate of drug-likeness (QED) is 0.676. The zero-order chi connectivity index (χ0) is 15.7. The molecule has 7 nitrogen and oxygen atoms in total. The largest absolute Gasteiger partial charge is 0.480 e. The summed E-state index contributed by atoms with van der Waals surface area (Å²) in [6.07, 6.45) is 0. The first kappa shape index (κ1) is 15.3. The van der Waals surface area contributed by atoms with Crippen LogP contribution in [-0.4, -0.2) is 44.0 Å². The molecule has 0 aliphatic carbocycles. The normalized spacial score (nSPS) is 21.3. The van der Waals surface area contributed by atoms with Gasteiger partial charge in [-0.25, -0.2) is 4.79 Å². The number of carbonyl (C=O) groups excluding carboxylic acids is 1. The Kier molecular flexibility index (Phi) is 4.17. The highest BCUT2D eigenvalue weighted by Gasteiger charge is 2.40. The minimum absolute atomic E-state index is 0.141. The number of nitro benzene ring substituents is 1. The van der Waals surface area contributed by atoms with Gasteiger partial charge in [0.1, 0.15) is 6.04 Å². The van der Waals surface area contributed by atoms with Gasteiger partial charge in [0.05, 0.1) is 10.3 Å². The lowest BCUT2D eigenvalue weighted by Crippen LogP contribution is -2.44. The second-order valence-electron chi connectivity index (χ2n) is 4.81. The lowest BCUT2D eigenvalue weighted by molar-refractivity contribution is -0.384. The lowest BCUT2D eigenvalue weighted by Gasteiger charge is -2.25. The molecule has 112 valence electrons. The van der Waals surface area contributed by atoms with E-state index in [1.54, 1.807) is 13.8 Å². The molecule has 2 unspecified atom stereocenters. The van der Waals surface area contributed by atoms with Crippen LogP contribution in [0.3, 0.4) is 0 Å². The van der Waals surface area contributed by atoms with Crippen LogP contribution in [0.1, 0.15) is 22.8 Å². The monoisotopic (exact) mass is 310 g/mol. The first-order valence-corrected chi connectivity index (χ1v) is 7.29. The Morgan fingerprint density at radius 2 is 2.10 bits per heavy atom. The summed E-state index contributed by atoms with van der Waals surface area (Å²) in [5.41, 5.74) is 0.547. The number of nitrogens with zero attached hydrogens (tertiary/aromatic N) is 2. The van der Waals surface area contributed by atoms with Gasteiger partial charge in [-0.3, -0.25) is 14.9 Å². The molecule has 1 heterocycles. The van der Waals surface area contributed by atoms with Crippen molar-refractivity contribution in [3.05, 3.63) is 39.4 Å². The molecule has 0 bridgehead atoms. The molecule has 8 heteroatoms. The van der Waals surface area contributed by atoms with Gasteiger partial charge in [-0.05, 0) is 25.5 Å². The molecule has 0 saturated carbocycles. The first-order valence-electron chi connectivity index (χ1n) is 6.24. The Labute approximate surface area is 125 Å². The van der Waals surface area contributed by atoms with Crippen molar-refractivity contribution >= 4 is 29.3 Å². The Balaban J connectivity index is 2.39. The molecule has 1 aliphatic rings. The summed E-state index contributed by atoms with van der Waals surface area (Å²) >= 11 is 1.37. The molecule has 1 fully saturated rings. The molecule has 0 spiro atoms. The van der Waals surface area contributed by atoms with Crippen LogP contribution in [0.2, 0.25) is 0 Å². The van der Waals surface area contributed by atoms with Crippen molar-refractivity contribution in [3.8, 4) is 0 Å². The molecule has 0 radical (unpaired) electrons. The van der Waals surface area contributed by atoms with Gasteiger partial charge in [0.25, 0.3) is 11.6 Å². The van der Waals surface area contributed by atoms with Crippen molar-refractivity contribution in [2.24, 2.45) is 0 Å². The first-order chi connectivity index (χ1) is 9.81. The highest BCUT2D eigenvalue weighted by Crippen LogP contribution is 2.31. The molecule has 1 aromatic carbocycles. The number of non-ortho nitro benzene ring substituents is 1. The van der Waals surface area contributed by atoms with Crippen molar-refractivity contribution in [3.63, 3.8) is 0 Å². The van der Waals surface area contributed by atoms with E-state index in [1.165, 1.54) is 34.9 Å². The fourth-order valence-electron chi connectivity index (χ4n) is 2.28. The van der Waals surface area contributed by atoms with Crippen molar-refractivity contribution in [2.45, 2.75) is 25.3 Å². The van der Waals surface area contributed by atoms with Crippen LogP contribution in [0.4, 0.5) is 5.69 Å². The second-order valence-corrected chi connectivity index (χ2v) is 6.16. The number of aryl methyl sites for hydroxylation is 1. The number of benzene rings is 1. The van der Waals surface area contributed by atoms with E-state index in [0.717, 1.165) is 0 Å². The van der Waals surface area contributed by atoms with Crippen LogP contribution in [0.15, 0.2) is 18.2 Å². The maximum Gasteiger partial charge on any atom is 0.327 e. The standard InChI is InChI=1S/C13H14N2O5S/c1-7-3-9(5-10(4-7)15(19)20)12(16)14-8(2)21-6-11(14)13(17)18/h3-5,8,11H,6H2,1-2H3,(H,17,18). The van der Waals surface area contributed by atoms with Crippen LogP contribution in [0.5, 0.6) is 0 Å². The van der Waals surface area contributed by atoms with E-state index in [1.807, 2.05) is 0 Å². The Morgan fingerprint density at radius 1 is 1.43 bits per heavy atom. The predicted octanol–water partition coefficient (Wildman–Crippen LogP) is 1.89. The van der Waals surface area contributed by atoms with Gasteiger partial charge in [-0.15, -0.1) is 11.8 Å². The summed E-state index contributed by atoms with van der Waals surface area (Å²) in [4.78, 5) is 35.3. The van der Waals surface area contributed by atoms with Crippen LogP contribution >= 0.6 is 11.8 Å². The third-order valence-electron chi connectivity index (χ3n) is 3.26. The lowest BCUT2D eigenvalue weighted by atomic mass is 10.1. The van der Waals surface area contributed by atoms with Crippen molar-refractivity contribution in [1.82, 2.24) is 4.90 Å². The summed E-state index contributed by atoms with van der Waals surface area (Å²) in [6, 6.07) is 3.18. The van der Waals surface area contributed by atoms with Crippen LogP contribution in [-0.2, 0) is 4.79 Å². The van der Waals surface area contributed by atoms with E-state index < -0.39 is 22.8 Å². The van der Waals surface area contributed by atoms with E-state index in [9.17, 15) is 24.8 Å². The van der Waals surface area contributed by atoms with Gasteiger partial charge in [0.2, 0.25) is 0 Å². The topological polar surface area (TPSA) is 101 Å². The molecule has 1 aliphatic heterocycles. The fourth-order valence-corrected chi connectivity index (χ4v) is 3.45. The predicted molar refractivity (Wildman–Crippen MR) is 77.3 cm³/mol. The summed E-state index contributed by atoms with van der Waals surface area (Å²) in [6.45, 7) is 3.40. The molecule has 1 amide bonds. The Hall–Kier alpha value is -2.09. The number of hydrogen-bond acceptors (Lipinski definition) is 5. The molecule has 21 heavy (non-hydrogen) atoms. The number of carbonyl (C=O) groups is 2. The van der Waals surface area contributed by atoms with Crippen LogP contribution in [0.25, 0.3) is 0 Å². The van der Waals surface area contributed by atoms with Gasteiger partial charge in [0, 0.05) is 23.4 Å². The third kappa shape index (κ3) is 2.99. The van der Waals surface area contributed by atoms with Gasteiger partial charge in [0.15, 0.2) is 0 Å². The van der Waals surface area contributed by atoms with E-state index in [-0.39, 0.29) is 16.6 Å². The number of nitro groups is 1. The number of amides is 1. The Morgan fingerprint density at radius 3 is 2.67 bits per heavy atom. The van der Waals surface area contributed by atoms with E-state index in [2.05, 4.69) is 0 Å². The maximum atomic E-state index is 12.5. The second kappa shape index (κ2) is 5.72. The average Bonchev–Trinajstić information content (AvgIpc) is 2.79. The molecule has 2 atom stereocenters. The minimum Gasteiger partial charge on any atom is -0.480 e. The zero-order valence-electron chi connectivity index (χ0n) is 11.5. The van der Waals surface area contributed by atoms with Gasteiger partial charge >= 0.3 is 5.97 Å². The van der Waals surface area contributed by atoms with Crippen LogP contribution < -0.4 is 0 Å². The molecular weight excluding hydrogens is 296 g/mol. The zero-order valence-corrected chi connectivity index (χ0v) is 12.3. The van der Waals surface area contributed by atoms with Gasteiger partial charge in [-0.1, -0.05) is 0 Å². The van der Waals surface area contributed by atoms with E-state index >= 15 is 0 Å². The molecule has 1 aromatic rings. The highest BCUT2D eigenvalue weighted by molar-refractivity contribution is 8.00. The van der Waals surface area contributed by atoms with Crippen molar-refractivity contribution in [2.75, 3.05) is 5.75 Å². The summed E-state index contributed by atoms with van der Waals surface area (Å²) in [5.74, 6) is -1.25. The van der Waals surface area contributed by atoms with E-state index in [4.69, 9.17) is 0 Å². The number of aliphatic carboxylic acids is 1. The number of carboxylic acid groups (broad SMARTS) is 1. The van der Waals surface area contributed by atoms with Gasteiger partial charge < -0.3 is 10.0 Å². The molecule has 0 aromatic heterocycles. The average molecular weight is 310 g/mol. The van der Waals surface area contributed by atoms with Crippen molar-refractivity contribution < 1.29 is 19.6 Å². The minimum atomic E-state index is -1.07. The summed E-state index contributed by atoms with van der Waals surface area (Å²) in [5, 5.41) is 19.8. The fraction of sp³-hybridized carbons (Fsp3) is 0.385. The third-order valence-corrected chi connectivity index (χ3v) is 4.48. The number of carboxylic acids is 1. The summed E-state index contributed by atoms with van der Waals surface area (Å²) in [7, 11) is 0.